The highest BCUT2D eigenvalue weighted by molar-refractivity contribution is 8.26. The number of aromatic nitrogens is 1. The Hall–Kier alpha value is -2.64. The number of aliphatic imine (C=N–C) groups is 1. The van der Waals surface area contributed by atoms with E-state index in [0.717, 1.165) is 40.5 Å². The molecular formula is C21H20ClN5OS. The molecule has 8 heteroatoms. The van der Waals surface area contributed by atoms with Crippen LogP contribution in [0.1, 0.15) is 36.7 Å². The summed E-state index contributed by atoms with van der Waals surface area (Å²) in [6.07, 6.45) is 3.49. The monoisotopic (exact) mass is 425 g/mol. The molecule has 0 fully saturated rings. The van der Waals surface area contributed by atoms with Gasteiger partial charge in [0, 0.05) is 22.1 Å². The van der Waals surface area contributed by atoms with Crippen molar-refractivity contribution in [3.05, 3.63) is 57.9 Å². The molecule has 2 aliphatic heterocycles. The lowest BCUT2D eigenvalue weighted by molar-refractivity contribution is -0.114. The Labute approximate surface area is 178 Å². The first-order valence-electron chi connectivity index (χ1n) is 9.33. The van der Waals surface area contributed by atoms with E-state index >= 15 is 0 Å². The number of hydrogen-bond donors (Lipinski definition) is 1. The van der Waals surface area contributed by atoms with Crippen LogP contribution >= 0.6 is 23.4 Å². The van der Waals surface area contributed by atoms with Gasteiger partial charge in [-0.25, -0.2) is 0 Å². The van der Waals surface area contributed by atoms with E-state index in [4.69, 9.17) is 17.0 Å². The Morgan fingerprint density at radius 1 is 1.28 bits per heavy atom. The molecule has 0 unspecified atom stereocenters. The predicted octanol–water partition coefficient (Wildman–Crippen LogP) is 5.17. The van der Waals surface area contributed by atoms with E-state index in [2.05, 4.69) is 21.6 Å². The van der Waals surface area contributed by atoms with E-state index < -0.39 is 5.91 Å². The van der Waals surface area contributed by atoms with Crippen molar-refractivity contribution in [3.63, 3.8) is 0 Å². The van der Waals surface area contributed by atoms with E-state index in [1.165, 1.54) is 16.8 Å². The second kappa shape index (κ2) is 7.65. The molecule has 29 heavy (non-hydrogen) atoms. The minimum absolute atomic E-state index is 0.0613. The Balaban J connectivity index is 1.73. The summed E-state index contributed by atoms with van der Waals surface area (Å²) < 4.78 is 2.08. The molecule has 0 saturated heterocycles. The summed E-state index contributed by atoms with van der Waals surface area (Å²) in [6.45, 7) is 6.05. The number of nitrogens with zero attached hydrogens (tertiary/aromatic N) is 4. The molecule has 0 spiro atoms. The predicted molar refractivity (Wildman–Crippen MR) is 120 cm³/mol. The lowest BCUT2D eigenvalue weighted by Gasteiger charge is -2.20. The van der Waals surface area contributed by atoms with Gasteiger partial charge in [0.25, 0.3) is 5.91 Å². The molecule has 0 aliphatic carbocycles. The van der Waals surface area contributed by atoms with Gasteiger partial charge >= 0.3 is 0 Å². The third-order valence-electron chi connectivity index (χ3n) is 4.80. The largest absolute Gasteiger partial charge is 0.318 e. The third-order valence-corrected chi connectivity index (χ3v) is 6.00. The zero-order chi connectivity index (χ0) is 20.7. The van der Waals surface area contributed by atoms with E-state index in [1.807, 2.05) is 44.2 Å². The quantitative estimate of drug-likeness (QED) is 0.687. The average molecular weight is 426 g/mol. The lowest BCUT2D eigenvalue weighted by Crippen LogP contribution is -2.35. The Kier molecular flexibility index (Phi) is 5.19. The summed E-state index contributed by atoms with van der Waals surface area (Å²) >= 11 is 7.52. The first-order valence-corrected chi connectivity index (χ1v) is 10.5. The first-order chi connectivity index (χ1) is 13.9. The van der Waals surface area contributed by atoms with Crippen LogP contribution in [0.4, 0.5) is 0 Å². The summed E-state index contributed by atoms with van der Waals surface area (Å²) in [5.41, 5.74) is 4.02. The summed E-state index contributed by atoms with van der Waals surface area (Å²) in [4.78, 5) is 16.8. The summed E-state index contributed by atoms with van der Waals surface area (Å²) in [7, 11) is 0. The van der Waals surface area contributed by atoms with Gasteiger partial charge in [-0.3, -0.25) is 10.2 Å². The fraction of sp³-hybridized carbons (Fsp3) is 0.238. The SMILES string of the molecule is CCCC1=NN2C(=N)/C(=C\c3cc(C)n(-c4cccc(Cl)c4)c3C)C(=O)N=C2S1. The highest BCUT2D eigenvalue weighted by Crippen LogP contribution is 2.31. The number of amides is 1. The number of rotatable bonds is 4. The van der Waals surface area contributed by atoms with Gasteiger partial charge in [-0.05, 0) is 74.4 Å². The number of hydrogen-bond acceptors (Lipinski definition) is 4. The molecule has 1 aromatic heterocycles. The van der Waals surface area contributed by atoms with Crippen molar-refractivity contribution in [2.24, 2.45) is 10.1 Å². The van der Waals surface area contributed by atoms with E-state index in [0.29, 0.717) is 10.2 Å². The van der Waals surface area contributed by atoms with Crippen LogP contribution in [-0.2, 0) is 4.79 Å². The first kappa shape index (κ1) is 19.7. The van der Waals surface area contributed by atoms with Crippen molar-refractivity contribution >= 4 is 51.4 Å². The van der Waals surface area contributed by atoms with Crippen molar-refractivity contribution in [1.82, 2.24) is 9.58 Å². The van der Waals surface area contributed by atoms with Crippen LogP contribution in [0.5, 0.6) is 0 Å². The van der Waals surface area contributed by atoms with Crippen molar-refractivity contribution in [3.8, 4) is 5.69 Å². The number of thioether (sulfide) groups is 1. The van der Waals surface area contributed by atoms with Crippen LogP contribution in [0.25, 0.3) is 11.8 Å². The molecule has 3 heterocycles. The standard InChI is InChI=1S/C21H20ClN5OS/c1-4-6-18-25-27-19(23)17(20(28)24-21(27)29-18)10-14-9-12(2)26(13(14)3)16-8-5-7-15(22)11-16/h5,7-11,23H,4,6H2,1-3H3/b17-10+,23-19?. The zero-order valence-corrected chi connectivity index (χ0v) is 17.9. The number of benzene rings is 1. The second-order valence-electron chi connectivity index (χ2n) is 6.91. The molecule has 1 N–H and O–H groups in total. The van der Waals surface area contributed by atoms with Crippen LogP contribution in [-0.4, -0.2) is 31.5 Å². The van der Waals surface area contributed by atoms with Gasteiger partial charge in [0.1, 0.15) is 5.04 Å². The van der Waals surface area contributed by atoms with E-state index in [-0.39, 0.29) is 11.4 Å². The highest BCUT2D eigenvalue weighted by Gasteiger charge is 2.35. The fourth-order valence-corrected chi connectivity index (χ4v) is 4.62. The van der Waals surface area contributed by atoms with Crippen molar-refractivity contribution < 1.29 is 4.79 Å². The van der Waals surface area contributed by atoms with Gasteiger partial charge in [0.2, 0.25) is 5.17 Å². The molecular weight excluding hydrogens is 406 g/mol. The molecule has 0 radical (unpaired) electrons. The Morgan fingerprint density at radius 3 is 2.79 bits per heavy atom. The summed E-state index contributed by atoms with van der Waals surface area (Å²) in [5.74, 6) is -0.347. The Morgan fingerprint density at radius 2 is 2.07 bits per heavy atom. The average Bonchev–Trinajstić information content (AvgIpc) is 3.19. The molecule has 2 aromatic rings. The number of aryl methyl sites for hydroxylation is 1. The molecule has 1 amide bonds. The van der Waals surface area contributed by atoms with Crippen LogP contribution < -0.4 is 0 Å². The van der Waals surface area contributed by atoms with E-state index in [1.54, 1.807) is 6.08 Å². The zero-order valence-electron chi connectivity index (χ0n) is 16.4. The summed E-state index contributed by atoms with van der Waals surface area (Å²) in [6, 6.07) is 9.61. The molecule has 0 atom stereocenters. The number of hydrazone groups is 1. The lowest BCUT2D eigenvalue weighted by atomic mass is 10.1. The van der Waals surface area contributed by atoms with Gasteiger partial charge in [0.05, 0.1) is 5.57 Å². The van der Waals surface area contributed by atoms with Crippen molar-refractivity contribution in [2.45, 2.75) is 33.6 Å². The van der Waals surface area contributed by atoms with Gasteiger partial charge in [-0.2, -0.15) is 15.1 Å². The maximum atomic E-state index is 12.6. The number of halogens is 1. The van der Waals surface area contributed by atoms with Gasteiger partial charge in [-0.15, -0.1) is 0 Å². The van der Waals surface area contributed by atoms with Gasteiger partial charge in [-0.1, -0.05) is 24.6 Å². The number of fused-ring (bicyclic) bond motifs is 1. The minimum Gasteiger partial charge on any atom is -0.318 e. The highest BCUT2D eigenvalue weighted by atomic mass is 35.5. The molecule has 0 bridgehead atoms. The maximum Gasteiger partial charge on any atom is 0.283 e. The normalized spacial score (nSPS) is 17.7. The van der Waals surface area contributed by atoms with Crippen molar-refractivity contribution in [1.29, 1.82) is 5.41 Å². The molecule has 6 nitrogen and oxygen atoms in total. The molecule has 148 valence electrons. The van der Waals surface area contributed by atoms with E-state index in [9.17, 15) is 4.79 Å². The smallest absolute Gasteiger partial charge is 0.283 e. The van der Waals surface area contributed by atoms with Gasteiger partial charge in [0.15, 0.2) is 5.84 Å². The van der Waals surface area contributed by atoms with Crippen molar-refractivity contribution in [2.75, 3.05) is 0 Å². The van der Waals surface area contributed by atoms with Crippen LogP contribution in [0.15, 0.2) is 46.0 Å². The molecule has 4 rings (SSSR count). The van der Waals surface area contributed by atoms with Gasteiger partial charge < -0.3 is 4.57 Å². The number of amidine groups is 2. The minimum atomic E-state index is -0.408. The Bertz CT molecular complexity index is 1130. The fourth-order valence-electron chi connectivity index (χ4n) is 3.45. The number of carbonyl (C=O) groups is 1. The maximum absolute atomic E-state index is 12.6. The molecule has 1 aromatic carbocycles. The van der Waals surface area contributed by atoms with Crippen LogP contribution in [0.2, 0.25) is 5.02 Å². The summed E-state index contributed by atoms with van der Waals surface area (Å²) in [5, 5.41) is 16.4. The second-order valence-corrected chi connectivity index (χ2v) is 8.38. The molecule has 2 aliphatic rings. The van der Waals surface area contributed by atoms with Crippen LogP contribution in [0, 0.1) is 19.3 Å². The number of nitrogens with one attached hydrogen (secondary N) is 1. The topological polar surface area (TPSA) is 73.8 Å². The third kappa shape index (κ3) is 3.56. The number of carbonyl (C=O) groups excluding carboxylic acids is 1. The molecule has 0 saturated carbocycles. The van der Waals surface area contributed by atoms with Crippen LogP contribution in [0.3, 0.4) is 0 Å².